The normalized spacial score (nSPS) is 22.1. The third-order valence-corrected chi connectivity index (χ3v) is 6.87. The average molecular weight is 409 g/mol. The summed E-state index contributed by atoms with van der Waals surface area (Å²) in [6.45, 7) is 4.28. The fraction of sp³-hybridized carbons (Fsp3) is 0.545. The van der Waals surface area contributed by atoms with Crippen LogP contribution < -0.4 is 5.73 Å². The van der Waals surface area contributed by atoms with Gasteiger partial charge in [-0.25, -0.2) is 9.97 Å². The lowest BCUT2D eigenvalue weighted by Crippen LogP contribution is -2.53. The predicted molar refractivity (Wildman–Crippen MR) is 112 cm³/mol. The molecular formula is C22H28N6O2. The van der Waals surface area contributed by atoms with Crippen molar-refractivity contribution in [2.75, 3.05) is 38.5 Å². The van der Waals surface area contributed by atoms with Gasteiger partial charge in [0.05, 0.1) is 12.3 Å². The van der Waals surface area contributed by atoms with Gasteiger partial charge in [-0.3, -0.25) is 9.78 Å². The molecule has 0 aliphatic carbocycles. The van der Waals surface area contributed by atoms with Crippen molar-refractivity contribution in [1.29, 1.82) is 0 Å². The monoisotopic (exact) mass is 408 g/mol. The summed E-state index contributed by atoms with van der Waals surface area (Å²) in [6.07, 6.45) is 9.93. The minimum atomic E-state index is -0.320. The van der Waals surface area contributed by atoms with Crippen molar-refractivity contribution in [3.05, 3.63) is 47.5 Å². The summed E-state index contributed by atoms with van der Waals surface area (Å²) in [5, 5.41) is 0. The second-order valence-corrected chi connectivity index (χ2v) is 8.49. The molecule has 5 rings (SSSR count). The van der Waals surface area contributed by atoms with E-state index in [1.165, 1.54) is 5.56 Å². The lowest BCUT2D eigenvalue weighted by molar-refractivity contribution is -0.108. The highest BCUT2D eigenvalue weighted by molar-refractivity contribution is 5.94. The molecule has 2 aromatic rings. The van der Waals surface area contributed by atoms with Gasteiger partial charge in [0.15, 0.2) is 0 Å². The molecule has 2 N–H and O–H groups in total. The van der Waals surface area contributed by atoms with Crippen molar-refractivity contribution < 1.29 is 9.53 Å². The number of nitrogens with two attached hydrogens (primary N) is 1. The van der Waals surface area contributed by atoms with Gasteiger partial charge in [0.1, 0.15) is 5.60 Å². The number of aromatic nitrogens is 3. The van der Waals surface area contributed by atoms with Crippen LogP contribution in [0.2, 0.25) is 0 Å². The summed E-state index contributed by atoms with van der Waals surface area (Å²) in [7, 11) is 0. The van der Waals surface area contributed by atoms with Crippen molar-refractivity contribution in [1.82, 2.24) is 24.8 Å². The Labute approximate surface area is 176 Å². The standard InChI is InChI=1S/C22H28N6O2/c23-21-25-15-17-5-14-30-22(19(17)26-21)6-12-27(13-7-22)18-3-10-28(11-4-18)20(29)16-1-8-24-9-2-16/h1-2,8-9,15,18H,3-7,10-14H2,(H2,23,25,26). The maximum absolute atomic E-state index is 12.7. The number of likely N-dealkylation sites (tertiary alicyclic amines) is 2. The number of nitrogen functional groups attached to an aromatic ring is 1. The first-order chi connectivity index (χ1) is 14.6. The molecule has 5 heterocycles. The highest BCUT2D eigenvalue weighted by Crippen LogP contribution is 2.41. The smallest absolute Gasteiger partial charge is 0.253 e. The number of pyridine rings is 1. The number of fused-ring (bicyclic) bond motifs is 2. The summed E-state index contributed by atoms with van der Waals surface area (Å²) in [5.41, 5.74) is 8.44. The van der Waals surface area contributed by atoms with Gasteiger partial charge < -0.3 is 20.3 Å². The van der Waals surface area contributed by atoms with E-state index in [1.54, 1.807) is 24.5 Å². The van der Waals surface area contributed by atoms with Gasteiger partial charge >= 0.3 is 0 Å². The van der Waals surface area contributed by atoms with E-state index >= 15 is 0 Å². The van der Waals surface area contributed by atoms with Crippen molar-refractivity contribution in [3.63, 3.8) is 0 Å². The molecule has 2 fully saturated rings. The van der Waals surface area contributed by atoms with Crippen LogP contribution in [0.1, 0.15) is 47.3 Å². The van der Waals surface area contributed by atoms with Gasteiger partial charge in [0, 0.05) is 56.4 Å². The van der Waals surface area contributed by atoms with Crippen LogP contribution in [0.3, 0.4) is 0 Å². The van der Waals surface area contributed by atoms with Crippen LogP contribution in [-0.4, -0.2) is 69.5 Å². The first-order valence-electron chi connectivity index (χ1n) is 10.8. The number of amides is 1. The van der Waals surface area contributed by atoms with E-state index in [4.69, 9.17) is 10.5 Å². The summed E-state index contributed by atoms with van der Waals surface area (Å²) >= 11 is 0. The third kappa shape index (κ3) is 3.54. The minimum Gasteiger partial charge on any atom is -0.368 e. The number of hydrogen-bond acceptors (Lipinski definition) is 7. The highest BCUT2D eigenvalue weighted by Gasteiger charge is 2.43. The Morgan fingerprint density at radius 2 is 1.87 bits per heavy atom. The highest BCUT2D eigenvalue weighted by atomic mass is 16.5. The molecule has 0 radical (unpaired) electrons. The number of carbonyl (C=O) groups is 1. The largest absolute Gasteiger partial charge is 0.368 e. The van der Waals surface area contributed by atoms with E-state index in [9.17, 15) is 4.79 Å². The molecule has 30 heavy (non-hydrogen) atoms. The Morgan fingerprint density at radius 1 is 1.13 bits per heavy atom. The van der Waals surface area contributed by atoms with E-state index in [2.05, 4.69) is 19.9 Å². The number of ether oxygens (including phenoxy) is 1. The third-order valence-electron chi connectivity index (χ3n) is 6.87. The maximum Gasteiger partial charge on any atom is 0.253 e. The van der Waals surface area contributed by atoms with Gasteiger partial charge in [-0.15, -0.1) is 0 Å². The van der Waals surface area contributed by atoms with Crippen LogP contribution in [0.25, 0.3) is 0 Å². The summed E-state index contributed by atoms with van der Waals surface area (Å²) in [4.78, 5) is 29.9. The van der Waals surface area contributed by atoms with Crippen molar-refractivity contribution in [2.45, 2.75) is 43.7 Å². The van der Waals surface area contributed by atoms with Crippen LogP contribution in [0.15, 0.2) is 30.7 Å². The number of hydrogen-bond donors (Lipinski definition) is 1. The van der Waals surface area contributed by atoms with E-state index in [0.717, 1.165) is 76.1 Å². The number of nitrogens with zero attached hydrogens (tertiary/aromatic N) is 5. The molecule has 0 atom stereocenters. The second kappa shape index (κ2) is 7.92. The summed E-state index contributed by atoms with van der Waals surface area (Å²) < 4.78 is 6.29. The quantitative estimate of drug-likeness (QED) is 0.806. The van der Waals surface area contributed by atoms with Crippen LogP contribution >= 0.6 is 0 Å². The molecule has 1 spiro atoms. The van der Waals surface area contributed by atoms with E-state index in [0.29, 0.717) is 12.0 Å². The molecule has 8 nitrogen and oxygen atoms in total. The van der Waals surface area contributed by atoms with Crippen molar-refractivity contribution >= 4 is 11.9 Å². The van der Waals surface area contributed by atoms with Gasteiger partial charge in [0.25, 0.3) is 5.91 Å². The molecular weight excluding hydrogens is 380 g/mol. The van der Waals surface area contributed by atoms with Crippen LogP contribution in [0.5, 0.6) is 0 Å². The Balaban J connectivity index is 1.20. The van der Waals surface area contributed by atoms with E-state index in [1.807, 2.05) is 11.1 Å². The summed E-state index contributed by atoms with van der Waals surface area (Å²) in [6, 6.07) is 4.09. The average Bonchev–Trinajstić information content (AvgIpc) is 2.80. The molecule has 8 heteroatoms. The number of rotatable bonds is 2. The predicted octanol–water partition coefficient (Wildman–Crippen LogP) is 1.62. The Hall–Kier alpha value is -2.58. The van der Waals surface area contributed by atoms with Crippen LogP contribution in [0.4, 0.5) is 5.95 Å². The SMILES string of the molecule is Nc1ncc2c(n1)C1(CCN(C3CCN(C(=O)c4ccncc4)CC3)CC1)OCC2. The molecule has 0 unspecified atom stereocenters. The van der Waals surface area contributed by atoms with Crippen molar-refractivity contribution in [3.8, 4) is 0 Å². The van der Waals surface area contributed by atoms with E-state index < -0.39 is 0 Å². The molecule has 1 amide bonds. The number of piperidine rings is 2. The van der Waals surface area contributed by atoms with Gasteiger partial charge in [0.2, 0.25) is 5.95 Å². The topological polar surface area (TPSA) is 97.5 Å². The van der Waals surface area contributed by atoms with Crippen LogP contribution in [0, 0.1) is 0 Å². The molecule has 2 saturated heterocycles. The molecule has 3 aliphatic heterocycles. The zero-order chi connectivity index (χ0) is 20.6. The van der Waals surface area contributed by atoms with Gasteiger partial charge in [-0.1, -0.05) is 0 Å². The van der Waals surface area contributed by atoms with Crippen LogP contribution in [-0.2, 0) is 16.8 Å². The van der Waals surface area contributed by atoms with E-state index in [-0.39, 0.29) is 11.5 Å². The molecule has 0 aromatic carbocycles. The number of anilines is 1. The maximum atomic E-state index is 12.7. The summed E-state index contributed by atoms with van der Waals surface area (Å²) in [5.74, 6) is 0.435. The fourth-order valence-electron chi connectivity index (χ4n) is 5.17. The molecule has 2 aromatic heterocycles. The molecule has 158 valence electrons. The Kier molecular flexibility index (Phi) is 5.12. The van der Waals surface area contributed by atoms with Gasteiger partial charge in [-0.2, -0.15) is 0 Å². The lowest BCUT2D eigenvalue weighted by Gasteiger charge is -2.47. The zero-order valence-electron chi connectivity index (χ0n) is 17.2. The Bertz CT molecular complexity index is 905. The first-order valence-corrected chi connectivity index (χ1v) is 10.8. The minimum absolute atomic E-state index is 0.109. The molecule has 0 bridgehead atoms. The Morgan fingerprint density at radius 3 is 2.60 bits per heavy atom. The molecule has 0 saturated carbocycles. The molecule has 3 aliphatic rings. The first kappa shape index (κ1) is 19.4. The van der Waals surface area contributed by atoms with Gasteiger partial charge in [-0.05, 0) is 49.8 Å². The fourth-order valence-corrected chi connectivity index (χ4v) is 5.17. The second-order valence-electron chi connectivity index (χ2n) is 8.49. The lowest BCUT2D eigenvalue weighted by atomic mass is 9.82. The van der Waals surface area contributed by atoms with Crippen molar-refractivity contribution in [2.24, 2.45) is 0 Å². The zero-order valence-corrected chi connectivity index (χ0v) is 17.2. The number of carbonyl (C=O) groups excluding carboxylic acids is 1.